The van der Waals surface area contributed by atoms with Crippen LogP contribution in [0.25, 0.3) is 0 Å². The Labute approximate surface area is 139 Å². The van der Waals surface area contributed by atoms with Gasteiger partial charge in [-0.2, -0.15) is 0 Å². The SMILES string of the molecule is CCN(CC)Cc1c(O)c(=O)cc(C)n1CCC1=CCCCC1. The summed E-state index contributed by atoms with van der Waals surface area (Å²) in [5.74, 6) is -0.0832. The maximum atomic E-state index is 12.0. The zero-order chi connectivity index (χ0) is 16.8. The van der Waals surface area contributed by atoms with E-state index in [-0.39, 0.29) is 11.2 Å². The van der Waals surface area contributed by atoms with Crippen LogP contribution in [0.1, 0.15) is 57.3 Å². The van der Waals surface area contributed by atoms with Gasteiger partial charge < -0.3 is 9.67 Å². The molecule has 4 heteroatoms. The second-order valence-electron chi connectivity index (χ2n) is 6.42. The molecular weight excluding hydrogens is 288 g/mol. The van der Waals surface area contributed by atoms with Crippen molar-refractivity contribution < 1.29 is 5.11 Å². The maximum absolute atomic E-state index is 12.0. The number of hydrogen-bond donors (Lipinski definition) is 1. The van der Waals surface area contributed by atoms with Crippen molar-refractivity contribution in [1.29, 1.82) is 0 Å². The Morgan fingerprint density at radius 1 is 1.26 bits per heavy atom. The average molecular weight is 318 g/mol. The van der Waals surface area contributed by atoms with Gasteiger partial charge >= 0.3 is 0 Å². The van der Waals surface area contributed by atoms with Gasteiger partial charge in [-0.1, -0.05) is 25.5 Å². The third-order valence-corrected chi connectivity index (χ3v) is 4.91. The monoisotopic (exact) mass is 318 g/mol. The highest BCUT2D eigenvalue weighted by Gasteiger charge is 2.16. The predicted octanol–water partition coefficient (Wildman–Crippen LogP) is 3.59. The number of rotatable bonds is 7. The van der Waals surface area contributed by atoms with Crippen LogP contribution in [0.5, 0.6) is 5.75 Å². The molecule has 1 heterocycles. The minimum Gasteiger partial charge on any atom is -0.503 e. The molecule has 4 nitrogen and oxygen atoms in total. The van der Waals surface area contributed by atoms with E-state index in [1.807, 2.05) is 6.92 Å². The van der Waals surface area contributed by atoms with E-state index in [9.17, 15) is 9.90 Å². The molecular formula is C19H30N2O2. The van der Waals surface area contributed by atoms with Crippen LogP contribution in [-0.4, -0.2) is 27.7 Å². The van der Waals surface area contributed by atoms with Crippen LogP contribution >= 0.6 is 0 Å². The summed E-state index contributed by atoms with van der Waals surface area (Å²) < 4.78 is 2.13. The van der Waals surface area contributed by atoms with Crippen LogP contribution in [0.15, 0.2) is 22.5 Å². The van der Waals surface area contributed by atoms with E-state index in [4.69, 9.17) is 0 Å². The van der Waals surface area contributed by atoms with Crippen molar-refractivity contribution >= 4 is 0 Å². The highest BCUT2D eigenvalue weighted by atomic mass is 16.3. The highest BCUT2D eigenvalue weighted by Crippen LogP contribution is 2.23. The Bertz CT molecular complexity index is 613. The summed E-state index contributed by atoms with van der Waals surface area (Å²) in [5, 5.41) is 10.3. The fourth-order valence-corrected chi connectivity index (χ4v) is 3.34. The third kappa shape index (κ3) is 4.47. The molecule has 1 aliphatic rings. The molecule has 0 aromatic carbocycles. The molecule has 0 radical (unpaired) electrons. The summed E-state index contributed by atoms with van der Waals surface area (Å²) in [4.78, 5) is 14.2. The van der Waals surface area contributed by atoms with E-state index in [2.05, 4.69) is 29.4 Å². The molecule has 1 N–H and O–H groups in total. The molecule has 128 valence electrons. The number of allylic oxidation sites excluding steroid dienone is 2. The van der Waals surface area contributed by atoms with Crippen molar-refractivity contribution in [2.45, 2.75) is 66.0 Å². The molecule has 0 atom stereocenters. The maximum Gasteiger partial charge on any atom is 0.223 e. The van der Waals surface area contributed by atoms with Gasteiger partial charge in [-0.3, -0.25) is 9.69 Å². The van der Waals surface area contributed by atoms with E-state index >= 15 is 0 Å². The molecule has 2 rings (SSSR count). The van der Waals surface area contributed by atoms with Crippen LogP contribution in [0.3, 0.4) is 0 Å². The lowest BCUT2D eigenvalue weighted by molar-refractivity contribution is 0.278. The fraction of sp³-hybridized carbons (Fsp3) is 0.632. The second-order valence-corrected chi connectivity index (χ2v) is 6.42. The summed E-state index contributed by atoms with van der Waals surface area (Å²) in [7, 11) is 0. The molecule has 0 fully saturated rings. The minimum absolute atomic E-state index is 0.0832. The van der Waals surface area contributed by atoms with Crippen LogP contribution < -0.4 is 5.43 Å². The average Bonchev–Trinajstić information content (AvgIpc) is 2.57. The number of aromatic nitrogens is 1. The summed E-state index contributed by atoms with van der Waals surface area (Å²) >= 11 is 0. The standard InChI is InChI=1S/C19H30N2O2/c1-4-20(5-2)14-17-19(23)18(22)13-15(3)21(17)12-11-16-9-7-6-8-10-16/h9,13,23H,4-8,10-12,14H2,1-3H3. The van der Waals surface area contributed by atoms with Gasteiger partial charge in [0.2, 0.25) is 5.43 Å². The molecule has 0 unspecified atom stereocenters. The van der Waals surface area contributed by atoms with Gasteiger partial charge in [0.05, 0.1) is 5.69 Å². The topological polar surface area (TPSA) is 45.5 Å². The first-order chi connectivity index (χ1) is 11.1. The Morgan fingerprint density at radius 2 is 2.00 bits per heavy atom. The first-order valence-electron chi connectivity index (χ1n) is 8.89. The normalized spacial score (nSPS) is 15.0. The van der Waals surface area contributed by atoms with E-state index in [0.29, 0.717) is 6.54 Å². The van der Waals surface area contributed by atoms with E-state index in [1.54, 1.807) is 6.07 Å². The van der Waals surface area contributed by atoms with Crippen LogP contribution in [0, 0.1) is 6.92 Å². The van der Waals surface area contributed by atoms with Gasteiger partial charge in [0, 0.05) is 24.8 Å². The number of nitrogens with zero attached hydrogens (tertiary/aromatic N) is 2. The molecule has 23 heavy (non-hydrogen) atoms. The van der Waals surface area contributed by atoms with Crippen molar-refractivity contribution in [2.24, 2.45) is 0 Å². The summed E-state index contributed by atoms with van der Waals surface area (Å²) in [6.07, 6.45) is 8.34. The number of hydrogen-bond acceptors (Lipinski definition) is 3. The molecule has 0 bridgehead atoms. The lowest BCUT2D eigenvalue weighted by Gasteiger charge is -2.24. The lowest BCUT2D eigenvalue weighted by atomic mass is 9.97. The molecule has 0 spiro atoms. The fourth-order valence-electron chi connectivity index (χ4n) is 3.34. The molecule has 0 saturated carbocycles. The van der Waals surface area contributed by atoms with Crippen LogP contribution in [0.4, 0.5) is 0 Å². The molecule has 0 aliphatic heterocycles. The molecule has 0 amide bonds. The molecule has 1 aromatic rings. The lowest BCUT2D eigenvalue weighted by Crippen LogP contribution is -2.27. The van der Waals surface area contributed by atoms with Gasteiger partial charge in [0.15, 0.2) is 5.75 Å². The van der Waals surface area contributed by atoms with E-state index in [0.717, 1.165) is 37.4 Å². The molecule has 0 saturated heterocycles. The smallest absolute Gasteiger partial charge is 0.223 e. The van der Waals surface area contributed by atoms with Crippen molar-refractivity contribution in [3.05, 3.63) is 39.3 Å². The largest absolute Gasteiger partial charge is 0.503 e. The highest BCUT2D eigenvalue weighted by molar-refractivity contribution is 5.30. The van der Waals surface area contributed by atoms with Crippen molar-refractivity contribution in [3.8, 4) is 5.75 Å². The minimum atomic E-state index is -0.266. The van der Waals surface area contributed by atoms with Gasteiger partial charge in [-0.05, 0) is 52.1 Å². The Hall–Kier alpha value is -1.55. The van der Waals surface area contributed by atoms with Gasteiger partial charge in [-0.15, -0.1) is 0 Å². The van der Waals surface area contributed by atoms with Crippen LogP contribution in [-0.2, 0) is 13.1 Å². The van der Waals surface area contributed by atoms with Crippen LogP contribution in [0.2, 0.25) is 0 Å². The Morgan fingerprint density at radius 3 is 2.61 bits per heavy atom. The van der Waals surface area contributed by atoms with E-state index in [1.165, 1.54) is 31.3 Å². The first kappa shape index (κ1) is 17.8. The quantitative estimate of drug-likeness (QED) is 0.781. The second kappa shape index (κ2) is 8.34. The molecule has 1 aliphatic carbocycles. The Balaban J connectivity index is 2.27. The number of aromatic hydroxyl groups is 1. The van der Waals surface area contributed by atoms with Gasteiger partial charge in [0.1, 0.15) is 0 Å². The summed E-state index contributed by atoms with van der Waals surface area (Å²) in [6.45, 7) is 9.43. The summed E-state index contributed by atoms with van der Waals surface area (Å²) in [5.41, 5.74) is 2.95. The van der Waals surface area contributed by atoms with Crippen molar-refractivity contribution in [2.75, 3.05) is 13.1 Å². The summed E-state index contributed by atoms with van der Waals surface area (Å²) in [6, 6.07) is 1.55. The zero-order valence-corrected chi connectivity index (χ0v) is 14.8. The van der Waals surface area contributed by atoms with Gasteiger partial charge in [-0.25, -0.2) is 0 Å². The van der Waals surface area contributed by atoms with Gasteiger partial charge in [0.25, 0.3) is 0 Å². The predicted molar refractivity (Wildman–Crippen MR) is 94.9 cm³/mol. The van der Waals surface area contributed by atoms with Crippen molar-refractivity contribution in [1.82, 2.24) is 9.47 Å². The molecule has 1 aromatic heterocycles. The zero-order valence-electron chi connectivity index (χ0n) is 14.8. The van der Waals surface area contributed by atoms with Crippen molar-refractivity contribution in [3.63, 3.8) is 0 Å². The van der Waals surface area contributed by atoms with E-state index < -0.39 is 0 Å². The number of pyridine rings is 1. The number of aryl methyl sites for hydroxylation is 1. The first-order valence-corrected chi connectivity index (χ1v) is 8.89. The Kier molecular flexibility index (Phi) is 6.46. The third-order valence-electron chi connectivity index (χ3n) is 4.91.